The number of H-pyrrole nitrogens is 1. The number of hydrogen-bond donors (Lipinski definition) is 3. The minimum absolute atomic E-state index is 0.360. The molecular formula is C13H18N2O. The van der Waals surface area contributed by atoms with E-state index >= 15 is 0 Å². The largest absolute Gasteiger partial charge is 0.507 e. The fourth-order valence-electron chi connectivity index (χ4n) is 1.93. The predicted octanol–water partition coefficient (Wildman–Crippen LogP) is 2.41. The van der Waals surface area contributed by atoms with E-state index in [0.29, 0.717) is 11.8 Å². The van der Waals surface area contributed by atoms with Gasteiger partial charge in [-0.05, 0) is 30.7 Å². The molecule has 1 heterocycles. The number of phenolic OH excluding ortho intramolecular Hbond substituents is 1. The molecule has 1 aromatic carbocycles. The van der Waals surface area contributed by atoms with Crippen molar-refractivity contribution >= 4 is 10.9 Å². The Hall–Kier alpha value is -1.48. The molecule has 0 aliphatic heterocycles. The van der Waals surface area contributed by atoms with E-state index < -0.39 is 0 Å². The number of fused-ring (bicyclic) bond motifs is 1. The lowest BCUT2D eigenvalue weighted by Crippen LogP contribution is -2.24. The minimum Gasteiger partial charge on any atom is -0.507 e. The Morgan fingerprint density at radius 1 is 1.38 bits per heavy atom. The van der Waals surface area contributed by atoms with Crippen molar-refractivity contribution in [1.82, 2.24) is 10.3 Å². The van der Waals surface area contributed by atoms with Crippen LogP contribution in [0.2, 0.25) is 0 Å². The third kappa shape index (κ3) is 2.19. The van der Waals surface area contributed by atoms with E-state index in [0.717, 1.165) is 23.9 Å². The van der Waals surface area contributed by atoms with Crippen LogP contribution in [0.4, 0.5) is 0 Å². The zero-order valence-corrected chi connectivity index (χ0v) is 9.75. The Morgan fingerprint density at radius 3 is 2.94 bits per heavy atom. The number of aromatic hydroxyl groups is 1. The summed E-state index contributed by atoms with van der Waals surface area (Å²) in [6.45, 7) is 5.19. The summed E-state index contributed by atoms with van der Waals surface area (Å²) in [7, 11) is 0. The molecule has 0 fully saturated rings. The van der Waals surface area contributed by atoms with Gasteiger partial charge in [0.15, 0.2) is 0 Å². The molecule has 1 aromatic heterocycles. The summed E-state index contributed by atoms with van der Waals surface area (Å²) in [6.07, 6.45) is 2.90. The van der Waals surface area contributed by atoms with Gasteiger partial charge in [0.1, 0.15) is 5.75 Å². The summed E-state index contributed by atoms with van der Waals surface area (Å²) >= 11 is 0. The van der Waals surface area contributed by atoms with Crippen molar-refractivity contribution in [1.29, 1.82) is 0 Å². The van der Waals surface area contributed by atoms with Crippen molar-refractivity contribution in [2.75, 3.05) is 6.54 Å². The molecular weight excluding hydrogens is 200 g/mol. The third-order valence-electron chi connectivity index (χ3n) is 2.71. The van der Waals surface area contributed by atoms with Gasteiger partial charge >= 0.3 is 0 Å². The van der Waals surface area contributed by atoms with Crippen molar-refractivity contribution in [3.8, 4) is 5.75 Å². The highest BCUT2D eigenvalue weighted by Crippen LogP contribution is 2.27. The van der Waals surface area contributed by atoms with E-state index in [1.54, 1.807) is 6.07 Å². The lowest BCUT2D eigenvalue weighted by Gasteiger charge is -2.07. The lowest BCUT2D eigenvalue weighted by molar-refractivity contribution is 0.481. The molecule has 3 nitrogen and oxygen atoms in total. The Morgan fingerprint density at radius 2 is 2.19 bits per heavy atom. The first-order chi connectivity index (χ1) is 7.68. The summed E-state index contributed by atoms with van der Waals surface area (Å²) in [5.41, 5.74) is 2.17. The maximum Gasteiger partial charge on any atom is 0.125 e. The molecule has 0 unspecified atom stereocenters. The van der Waals surface area contributed by atoms with E-state index in [2.05, 4.69) is 24.1 Å². The van der Waals surface area contributed by atoms with Crippen LogP contribution in [0.5, 0.6) is 5.75 Å². The highest BCUT2D eigenvalue weighted by atomic mass is 16.3. The van der Waals surface area contributed by atoms with Gasteiger partial charge in [0.25, 0.3) is 0 Å². The molecule has 0 amide bonds. The lowest BCUT2D eigenvalue weighted by atomic mass is 10.1. The monoisotopic (exact) mass is 218 g/mol. The van der Waals surface area contributed by atoms with Crippen LogP contribution in [-0.2, 0) is 6.42 Å². The number of nitrogens with one attached hydrogen (secondary N) is 2. The molecule has 3 heteroatoms. The normalized spacial score (nSPS) is 11.4. The van der Waals surface area contributed by atoms with Crippen LogP contribution < -0.4 is 5.32 Å². The molecule has 16 heavy (non-hydrogen) atoms. The SMILES string of the molecule is CC(C)NCCc1c[nH]c2cccc(O)c12. The van der Waals surface area contributed by atoms with Crippen molar-refractivity contribution in [3.05, 3.63) is 30.0 Å². The summed E-state index contributed by atoms with van der Waals surface area (Å²) in [4.78, 5) is 3.18. The first-order valence-corrected chi connectivity index (χ1v) is 5.70. The van der Waals surface area contributed by atoms with Gasteiger partial charge in [-0.1, -0.05) is 19.9 Å². The van der Waals surface area contributed by atoms with E-state index in [-0.39, 0.29) is 0 Å². The van der Waals surface area contributed by atoms with Crippen LogP contribution in [0.1, 0.15) is 19.4 Å². The summed E-state index contributed by atoms with van der Waals surface area (Å²) < 4.78 is 0. The number of hydrogen-bond acceptors (Lipinski definition) is 2. The molecule has 0 spiro atoms. The number of rotatable bonds is 4. The standard InChI is InChI=1S/C13H18N2O/c1-9(2)14-7-6-10-8-15-11-4-3-5-12(16)13(10)11/h3-5,8-9,14-16H,6-7H2,1-2H3. The van der Waals surface area contributed by atoms with E-state index in [9.17, 15) is 5.11 Å². The third-order valence-corrected chi connectivity index (χ3v) is 2.71. The molecule has 0 aliphatic rings. The second-order valence-corrected chi connectivity index (χ2v) is 4.37. The topological polar surface area (TPSA) is 48.0 Å². The van der Waals surface area contributed by atoms with Gasteiger partial charge in [-0.3, -0.25) is 0 Å². The van der Waals surface area contributed by atoms with Crippen molar-refractivity contribution in [3.63, 3.8) is 0 Å². The molecule has 0 saturated heterocycles. The number of aromatic nitrogens is 1. The van der Waals surface area contributed by atoms with Crippen molar-refractivity contribution in [2.24, 2.45) is 0 Å². The number of aromatic amines is 1. The van der Waals surface area contributed by atoms with E-state index in [1.165, 1.54) is 5.56 Å². The Bertz CT molecular complexity index is 474. The van der Waals surface area contributed by atoms with E-state index in [1.807, 2.05) is 18.3 Å². The maximum atomic E-state index is 9.81. The molecule has 2 rings (SSSR count). The molecule has 0 bridgehead atoms. The second-order valence-electron chi connectivity index (χ2n) is 4.37. The maximum absolute atomic E-state index is 9.81. The van der Waals surface area contributed by atoms with Crippen LogP contribution in [0, 0.1) is 0 Å². The Kier molecular flexibility index (Phi) is 3.15. The van der Waals surface area contributed by atoms with Crippen LogP contribution in [-0.4, -0.2) is 22.7 Å². The highest BCUT2D eigenvalue weighted by Gasteiger charge is 2.07. The Balaban J connectivity index is 2.18. The number of benzene rings is 1. The van der Waals surface area contributed by atoms with Gasteiger partial charge < -0.3 is 15.4 Å². The molecule has 0 saturated carbocycles. The minimum atomic E-state index is 0.360. The fourth-order valence-corrected chi connectivity index (χ4v) is 1.93. The van der Waals surface area contributed by atoms with Crippen LogP contribution in [0.3, 0.4) is 0 Å². The van der Waals surface area contributed by atoms with Gasteiger partial charge in [-0.25, -0.2) is 0 Å². The molecule has 3 N–H and O–H groups in total. The van der Waals surface area contributed by atoms with Crippen LogP contribution in [0.15, 0.2) is 24.4 Å². The van der Waals surface area contributed by atoms with Gasteiger partial charge in [0.2, 0.25) is 0 Å². The van der Waals surface area contributed by atoms with Gasteiger partial charge in [-0.15, -0.1) is 0 Å². The second kappa shape index (κ2) is 4.58. The smallest absolute Gasteiger partial charge is 0.125 e. The first kappa shape index (κ1) is 11.0. The molecule has 0 aliphatic carbocycles. The molecule has 2 aromatic rings. The highest BCUT2D eigenvalue weighted by molar-refractivity contribution is 5.88. The Labute approximate surface area is 95.5 Å². The summed E-state index contributed by atoms with van der Waals surface area (Å²) in [5, 5.41) is 14.1. The first-order valence-electron chi connectivity index (χ1n) is 5.70. The van der Waals surface area contributed by atoms with Crippen molar-refractivity contribution < 1.29 is 5.11 Å². The van der Waals surface area contributed by atoms with Gasteiger partial charge in [0.05, 0.1) is 0 Å². The van der Waals surface area contributed by atoms with Gasteiger partial charge in [-0.2, -0.15) is 0 Å². The number of phenols is 1. The zero-order chi connectivity index (χ0) is 11.5. The van der Waals surface area contributed by atoms with Crippen LogP contribution >= 0.6 is 0 Å². The predicted molar refractivity (Wildman–Crippen MR) is 66.8 cm³/mol. The zero-order valence-electron chi connectivity index (χ0n) is 9.75. The summed E-state index contributed by atoms with van der Waals surface area (Å²) in [5.74, 6) is 0.360. The quantitative estimate of drug-likeness (QED) is 0.738. The van der Waals surface area contributed by atoms with Crippen LogP contribution in [0.25, 0.3) is 10.9 Å². The van der Waals surface area contributed by atoms with Gasteiger partial charge in [0, 0.05) is 23.1 Å². The summed E-state index contributed by atoms with van der Waals surface area (Å²) in [6, 6.07) is 6.06. The van der Waals surface area contributed by atoms with E-state index in [4.69, 9.17) is 0 Å². The molecule has 0 radical (unpaired) electrons. The van der Waals surface area contributed by atoms with Crippen molar-refractivity contribution in [2.45, 2.75) is 26.3 Å². The fraction of sp³-hybridized carbons (Fsp3) is 0.385. The molecule has 0 atom stereocenters. The molecule has 86 valence electrons. The average molecular weight is 218 g/mol. The average Bonchev–Trinajstić information content (AvgIpc) is 2.62.